The molecule has 0 heterocycles. The average Bonchev–Trinajstić information content (AvgIpc) is 2.36. The van der Waals surface area contributed by atoms with Gasteiger partial charge in [-0.25, -0.2) is 0 Å². The van der Waals surface area contributed by atoms with E-state index in [-0.39, 0.29) is 11.9 Å². The SMILES string of the molecule is CCCNC(C)C(=O)Nc1cc(Cl)ccc1OC. The minimum atomic E-state index is -0.256. The lowest BCUT2D eigenvalue weighted by atomic mass is 10.2. The first-order valence-electron chi connectivity index (χ1n) is 5.96. The summed E-state index contributed by atoms with van der Waals surface area (Å²) in [6.07, 6.45) is 0.984. The Kier molecular flexibility index (Phi) is 5.95. The molecule has 0 aliphatic carbocycles. The van der Waals surface area contributed by atoms with E-state index in [1.165, 1.54) is 0 Å². The first-order chi connectivity index (χ1) is 8.58. The molecule has 18 heavy (non-hydrogen) atoms. The number of halogens is 1. The molecular formula is C13H19ClN2O2. The number of ether oxygens (including phenoxy) is 1. The predicted molar refractivity (Wildman–Crippen MR) is 74.4 cm³/mol. The summed E-state index contributed by atoms with van der Waals surface area (Å²) in [5, 5.41) is 6.47. The fourth-order valence-electron chi connectivity index (χ4n) is 1.47. The van der Waals surface area contributed by atoms with Crippen molar-refractivity contribution in [3.05, 3.63) is 23.2 Å². The first-order valence-corrected chi connectivity index (χ1v) is 6.34. The van der Waals surface area contributed by atoms with Crippen molar-refractivity contribution in [1.29, 1.82) is 0 Å². The number of amides is 1. The molecule has 1 rings (SSSR count). The molecule has 0 aliphatic heterocycles. The van der Waals surface area contributed by atoms with Crippen LogP contribution in [0, 0.1) is 0 Å². The zero-order valence-corrected chi connectivity index (χ0v) is 11.7. The zero-order valence-electron chi connectivity index (χ0n) is 10.9. The Hall–Kier alpha value is -1.26. The quantitative estimate of drug-likeness (QED) is 0.836. The van der Waals surface area contributed by atoms with Gasteiger partial charge in [0.1, 0.15) is 5.75 Å². The van der Waals surface area contributed by atoms with Crippen molar-refractivity contribution in [2.24, 2.45) is 0 Å². The molecule has 1 unspecified atom stereocenters. The molecule has 1 aromatic rings. The van der Waals surface area contributed by atoms with Gasteiger partial charge in [-0.3, -0.25) is 4.79 Å². The molecule has 0 saturated heterocycles. The molecular weight excluding hydrogens is 252 g/mol. The molecule has 1 atom stereocenters. The van der Waals surface area contributed by atoms with Gasteiger partial charge < -0.3 is 15.4 Å². The summed E-state index contributed by atoms with van der Waals surface area (Å²) in [7, 11) is 1.55. The lowest BCUT2D eigenvalue weighted by Gasteiger charge is -2.15. The van der Waals surface area contributed by atoms with Crippen LogP contribution in [0.25, 0.3) is 0 Å². The Morgan fingerprint density at radius 3 is 2.83 bits per heavy atom. The fourth-order valence-corrected chi connectivity index (χ4v) is 1.64. The molecule has 0 fully saturated rings. The van der Waals surface area contributed by atoms with E-state index in [4.69, 9.17) is 16.3 Å². The maximum absolute atomic E-state index is 11.9. The van der Waals surface area contributed by atoms with Crippen LogP contribution in [-0.2, 0) is 4.79 Å². The summed E-state index contributed by atoms with van der Waals surface area (Å²) >= 11 is 5.90. The third kappa shape index (κ3) is 4.20. The normalized spacial score (nSPS) is 12.0. The smallest absolute Gasteiger partial charge is 0.241 e. The molecule has 1 aromatic carbocycles. The first kappa shape index (κ1) is 14.8. The molecule has 0 bridgehead atoms. The maximum atomic E-state index is 11.9. The number of anilines is 1. The van der Waals surface area contributed by atoms with Crippen LogP contribution in [0.1, 0.15) is 20.3 Å². The van der Waals surface area contributed by atoms with E-state index in [2.05, 4.69) is 17.6 Å². The second-order valence-corrected chi connectivity index (χ2v) is 4.45. The molecule has 0 saturated carbocycles. The lowest BCUT2D eigenvalue weighted by molar-refractivity contribution is -0.117. The van der Waals surface area contributed by atoms with Gasteiger partial charge in [-0.1, -0.05) is 18.5 Å². The van der Waals surface area contributed by atoms with Gasteiger partial charge in [-0.2, -0.15) is 0 Å². The molecule has 0 radical (unpaired) electrons. The van der Waals surface area contributed by atoms with Gasteiger partial charge in [-0.15, -0.1) is 0 Å². The summed E-state index contributed by atoms with van der Waals surface area (Å²) in [4.78, 5) is 11.9. The lowest BCUT2D eigenvalue weighted by Crippen LogP contribution is -2.38. The Bertz CT molecular complexity index is 410. The highest BCUT2D eigenvalue weighted by Gasteiger charge is 2.14. The molecule has 0 aliphatic rings. The predicted octanol–water partition coefficient (Wildman–Crippen LogP) is 2.68. The van der Waals surface area contributed by atoms with Crippen LogP contribution < -0.4 is 15.4 Å². The van der Waals surface area contributed by atoms with Crippen molar-refractivity contribution in [3.63, 3.8) is 0 Å². The van der Waals surface area contributed by atoms with Gasteiger partial charge in [0, 0.05) is 5.02 Å². The number of nitrogens with one attached hydrogen (secondary N) is 2. The van der Waals surface area contributed by atoms with Crippen molar-refractivity contribution >= 4 is 23.2 Å². The van der Waals surface area contributed by atoms with Gasteiger partial charge in [-0.05, 0) is 38.1 Å². The molecule has 2 N–H and O–H groups in total. The van der Waals surface area contributed by atoms with E-state index in [0.717, 1.165) is 13.0 Å². The molecule has 1 amide bonds. The summed E-state index contributed by atoms with van der Waals surface area (Å²) in [6.45, 7) is 4.68. The molecule has 5 heteroatoms. The highest BCUT2D eigenvalue weighted by atomic mass is 35.5. The Morgan fingerprint density at radius 1 is 1.50 bits per heavy atom. The Labute approximate surface area is 113 Å². The van der Waals surface area contributed by atoms with E-state index in [0.29, 0.717) is 16.5 Å². The summed E-state index contributed by atoms with van der Waals surface area (Å²) in [5.74, 6) is 0.486. The third-order valence-corrected chi connectivity index (χ3v) is 2.75. The van der Waals surface area contributed by atoms with Crippen LogP contribution in [0.15, 0.2) is 18.2 Å². The van der Waals surface area contributed by atoms with Crippen molar-refractivity contribution in [3.8, 4) is 5.75 Å². The van der Waals surface area contributed by atoms with Crippen molar-refractivity contribution < 1.29 is 9.53 Å². The summed E-state index contributed by atoms with van der Waals surface area (Å²) < 4.78 is 5.17. The van der Waals surface area contributed by atoms with Gasteiger partial charge in [0.05, 0.1) is 18.8 Å². The third-order valence-electron chi connectivity index (χ3n) is 2.51. The number of carbonyl (C=O) groups is 1. The second-order valence-electron chi connectivity index (χ2n) is 4.01. The number of carbonyl (C=O) groups excluding carboxylic acids is 1. The molecule has 0 spiro atoms. The van der Waals surface area contributed by atoms with Gasteiger partial charge in [0.2, 0.25) is 5.91 Å². The topological polar surface area (TPSA) is 50.4 Å². The minimum absolute atomic E-state index is 0.107. The fraction of sp³-hybridized carbons (Fsp3) is 0.462. The van der Waals surface area contributed by atoms with Crippen molar-refractivity contribution in [2.45, 2.75) is 26.3 Å². The van der Waals surface area contributed by atoms with E-state index in [9.17, 15) is 4.79 Å². The Balaban J connectivity index is 2.71. The molecule has 0 aromatic heterocycles. The van der Waals surface area contributed by atoms with E-state index in [1.54, 1.807) is 25.3 Å². The second kappa shape index (κ2) is 7.24. The van der Waals surface area contributed by atoms with Crippen LogP contribution in [-0.4, -0.2) is 25.6 Å². The van der Waals surface area contributed by atoms with E-state index < -0.39 is 0 Å². The number of methoxy groups -OCH3 is 1. The minimum Gasteiger partial charge on any atom is -0.495 e. The van der Waals surface area contributed by atoms with Crippen LogP contribution in [0.5, 0.6) is 5.75 Å². The largest absolute Gasteiger partial charge is 0.495 e. The summed E-state index contributed by atoms with van der Waals surface area (Å²) in [5.41, 5.74) is 0.583. The number of benzene rings is 1. The molecule has 4 nitrogen and oxygen atoms in total. The monoisotopic (exact) mass is 270 g/mol. The number of rotatable bonds is 6. The van der Waals surface area contributed by atoms with Crippen LogP contribution in [0.4, 0.5) is 5.69 Å². The van der Waals surface area contributed by atoms with Crippen LogP contribution >= 0.6 is 11.6 Å². The van der Waals surface area contributed by atoms with E-state index in [1.807, 2.05) is 6.92 Å². The highest BCUT2D eigenvalue weighted by molar-refractivity contribution is 6.31. The van der Waals surface area contributed by atoms with Gasteiger partial charge in [0.25, 0.3) is 0 Å². The zero-order chi connectivity index (χ0) is 13.5. The molecule has 100 valence electrons. The standard InChI is InChI=1S/C13H19ClN2O2/c1-4-7-15-9(2)13(17)16-11-8-10(14)5-6-12(11)18-3/h5-6,8-9,15H,4,7H2,1-3H3,(H,16,17). The van der Waals surface area contributed by atoms with E-state index >= 15 is 0 Å². The van der Waals surface area contributed by atoms with Crippen molar-refractivity contribution in [1.82, 2.24) is 5.32 Å². The van der Waals surface area contributed by atoms with Crippen LogP contribution in [0.2, 0.25) is 5.02 Å². The van der Waals surface area contributed by atoms with Gasteiger partial charge in [0.15, 0.2) is 0 Å². The Morgan fingerprint density at radius 2 is 2.22 bits per heavy atom. The summed E-state index contributed by atoms with van der Waals surface area (Å²) in [6, 6.07) is 4.86. The number of hydrogen-bond donors (Lipinski definition) is 2. The maximum Gasteiger partial charge on any atom is 0.241 e. The van der Waals surface area contributed by atoms with Crippen LogP contribution in [0.3, 0.4) is 0 Å². The number of hydrogen-bond acceptors (Lipinski definition) is 3. The highest BCUT2D eigenvalue weighted by Crippen LogP contribution is 2.27. The average molecular weight is 271 g/mol. The van der Waals surface area contributed by atoms with Gasteiger partial charge >= 0.3 is 0 Å². The van der Waals surface area contributed by atoms with Crippen molar-refractivity contribution in [2.75, 3.05) is 19.0 Å².